The number of allylic oxidation sites excluding steroid dienone is 2. The van der Waals surface area contributed by atoms with Crippen LogP contribution >= 0.6 is 0 Å². The Balaban J connectivity index is 4.53. The van der Waals surface area contributed by atoms with E-state index < -0.39 is 11.9 Å². The van der Waals surface area contributed by atoms with Gasteiger partial charge in [-0.1, -0.05) is 12.2 Å². The number of carbonyl (C=O) groups excluding carboxylic acids is 2. The Hall–Kier alpha value is -1.58. The van der Waals surface area contributed by atoms with E-state index >= 15 is 0 Å². The van der Waals surface area contributed by atoms with Crippen LogP contribution in [0.3, 0.4) is 0 Å². The molecule has 0 aliphatic rings. The highest BCUT2D eigenvalue weighted by Gasteiger charge is 2.03. The van der Waals surface area contributed by atoms with Gasteiger partial charge in [-0.05, 0) is 13.8 Å². The summed E-state index contributed by atoms with van der Waals surface area (Å²) in [6.07, 6.45) is 3.02. The molecule has 0 aliphatic carbocycles. The van der Waals surface area contributed by atoms with Gasteiger partial charge in [0, 0.05) is 11.1 Å². The Morgan fingerprint density at radius 3 is 1.36 bits per heavy atom. The highest BCUT2D eigenvalue weighted by molar-refractivity contribution is 5.90. The SMILES string of the molecule is COC(=O)C(C)=CC=C(C)C(=O)OC. The monoisotopic (exact) mass is 198 g/mol. The fourth-order valence-corrected chi connectivity index (χ4v) is 0.708. The molecule has 0 aromatic carbocycles. The number of hydrogen-bond donors (Lipinski definition) is 0. The maximum Gasteiger partial charge on any atom is 0.333 e. The second-order valence-electron chi connectivity index (χ2n) is 2.68. The van der Waals surface area contributed by atoms with Gasteiger partial charge >= 0.3 is 11.9 Å². The first-order valence-corrected chi connectivity index (χ1v) is 4.04. The van der Waals surface area contributed by atoms with E-state index in [1.165, 1.54) is 26.4 Å². The van der Waals surface area contributed by atoms with Crippen molar-refractivity contribution in [2.75, 3.05) is 14.2 Å². The van der Waals surface area contributed by atoms with Gasteiger partial charge in [0.2, 0.25) is 0 Å². The Kier molecular flexibility index (Phi) is 5.29. The van der Waals surface area contributed by atoms with Gasteiger partial charge in [-0.3, -0.25) is 0 Å². The van der Waals surface area contributed by atoms with Crippen molar-refractivity contribution in [1.82, 2.24) is 0 Å². The van der Waals surface area contributed by atoms with Crippen LogP contribution in [0.5, 0.6) is 0 Å². The molecule has 4 heteroatoms. The van der Waals surface area contributed by atoms with Crippen molar-refractivity contribution in [3.05, 3.63) is 23.3 Å². The maximum atomic E-state index is 10.9. The molecule has 0 saturated heterocycles. The molecule has 0 bridgehead atoms. The third kappa shape index (κ3) is 3.89. The summed E-state index contributed by atoms with van der Waals surface area (Å²) in [5, 5.41) is 0. The van der Waals surface area contributed by atoms with Crippen molar-refractivity contribution in [3.63, 3.8) is 0 Å². The summed E-state index contributed by atoms with van der Waals surface area (Å²) in [7, 11) is 2.60. The number of methoxy groups -OCH3 is 2. The average molecular weight is 198 g/mol. The molecule has 0 aromatic heterocycles. The van der Waals surface area contributed by atoms with Gasteiger partial charge in [-0.25, -0.2) is 9.59 Å². The molecule has 0 N–H and O–H groups in total. The molecule has 0 atom stereocenters. The van der Waals surface area contributed by atoms with Crippen molar-refractivity contribution in [1.29, 1.82) is 0 Å². The normalized spacial score (nSPS) is 12.3. The molecule has 0 heterocycles. The van der Waals surface area contributed by atoms with Crippen molar-refractivity contribution >= 4 is 11.9 Å². The zero-order chi connectivity index (χ0) is 11.1. The van der Waals surface area contributed by atoms with Crippen LogP contribution in [-0.4, -0.2) is 26.2 Å². The molecule has 78 valence electrons. The predicted molar refractivity (Wildman–Crippen MR) is 51.5 cm³/mol. The van der Waals surface area contributed by atoms with Gasteiger partial charge in [0.05, 0.1) is 14.2 Å². The molecule has 0 spiro atoms. The van der Waals surface area contributed by atoms with Crippen molar-refractivity contribution in [3.8, 4) is 0 Å². The zero-order valence-corrected chi connectivity index (χ0v) is 8.79. The quantitative estimate of drug-likeness (QED) is 0.389. The summed E-state index contributed by atoms with van der Waals surface area (Å²) >= 11 is 0. The summed E-state index contributed by atoms with van der Waals surface area (Å²) in [6.45, 7) is 3.21. The van der Waals surface area contributed by atoms with Crippen LogP contribution in [-0.2, 0) is 19.1 Å². The second-order valence-corrected chi connectivity index (χ2v) is 2.68. The van der Waals surface area contributed by atoms with Crippen LogP contribution in [0.1, 0.15) is 13.8 Å². The molecule has 4 nitrogen and oxygen atoms in total. The molecule has 14 heavy (non-hydrogen) atoms. The van der Waals surface area contributed by atoms with Crippen LogP contribution in [0.25, 0.3) is 0 Å². The number of carbonyl (C=O) groups is 2. The molecule has 0 fully saturated rings. The Morgan fingerprint density at radius 1 is 0.857 bits per heavy atom. The van der Waals surface area contributed by atoms with Crippen molar-refractivity contribution in [2.24, 2.45) is 0 Å². The Morgan fingerprint density at radius 2 is 1.14 bits per heavy atom. The number of esters is 2. The van der Waals surface area contributed by atoms with E-state index in [9.17, 15) is 9.59 Å². The third-order valence-corrected chi connectivity index (χ3v) is 1.60. The van der Waals surface area contributed by atoms with E-state index in [1.807, 2.05) is 0 Å². The fourth-order valence-electron chi connectivity index (χ4n) is 0.708. The molecule has 0 aliphatic heterocycles. The van der Waals surface area contributed by atoms with Crippen LogP contribution in [0.2, 0.25) is 0 Å². The largest absolute Gasteiger partial charge is 0.466 e. The first kappa shape index (κ1) is 12.4. The highest BCUT2D eigenvalue weighted by atomic mass is 16.5. The fraction of sp³-hybridized carbons (Fsp3) is 0.400. The van der Waals surface area contributed by atoms with Gasteiger partial charge in [0.25, 0.3) is 0 Å². The van der Waals surface area contributed by atoms with E-state index in [-0.39, 0.29) is 0 Å². The smallest absolute Gasteiger partial charge is 0.333 e. The number of ether oxygens (including phenoxy) is 2. The molecule has 0 amide bonds. The molecule has 0 rings (SSSR count). The van der Waals surface area contributed by atoms with Gasteiger partial charge in [-0.2, -0.15) is 0 Å². The standard InChI is InChI=1S/C10H14O4/c1-7(9(11)13-3)5-6-8(2)10(12)14-4/h5-6H,1-4H3. The van der Waals surface area contributed by atoms with Crippen LogP contribution in [0.15, 0.2) is 23.3 Å². The lowest BCUT2D eigenvalue weighted by atomic mass is 10.2. The van der Waals surface area contributed by atoms with E-state index in [0.717, 1.165) is 0 Å². The highest BCUT2D eigenvalue weighted by Crippen LogP contribution is 2.00. The zero-order valence-electron chi connectivity index (χ0n) is 8.79. The summed E-state index contributed by atoms with van der Waals surface area (Å²) in [5.41, 5.74) is 0.853. The summed E-state index contributed by atoms with van der Waals surface area (Å²) in [4.78, 5) is 21.9. The summed E-state index contributed by atoms with van der Waals surface area (Å²) < 4.78 is 8.96. The van der Waals surface area contributed by atoms with Crippen LogP contribution < -0.4 is 0 Å². The summed E-state index contributed by atoms with van der Waals surface area (Å²) in [6, 6.07) is 0. The minimum absolute atomic E-state index is 0.418. The van der Waals surface area contributed by atoms with Crippen LogP contribution in [0.4, 0.5) is 0 Å². The average Bonchev–Trinajstić information content (AvgIpc) is 2.22. The predicted octanol–water partition coefficient (Wildman–Crippen LogP) is 1.22. The molecule has 0 aromatic rings. The lowest BCUT2D eigenvalue weighted by Gasteiger charge is -1.98. The van der Waals surface area contributed by atoms with Gasteiger partial charge in [0.15, 0.2) is 0 Å². The lowest BCUT2D eigenvalue weighted by Crippen LogP contribution is -2.02. The van der Waals surface area contributed by atoms with Crippen molar-refractivity contribution in [2.45, 2.75) is 13.8 Å². The molecule has 0 radical (unpaired) electrons. The second kappa shape index (κ2) is 5.96. The first-order valence-electron chi connectivity index (χ1n) is 4.04. The van der Waals surface area contributed by atoms with E-state index in [1.54, 1.807) is 13.8 Å². The van der Waals surface area contributed by atoms with E-state index in [0.29, 0.717) is 11.1 Å². The lowest BCUT2D eigenvalue weighted by molar-refractivity contribution is -0.137. The van der Waals surface area contributed by atoms with Gasteiger partial charge < -0.3 is 9.47 Å². The van der Waals surface area contributed by atoms with E-state index in [4.69, 9.17) is 0 Å². The Bertz CT molecular complexity index is 256. The summed E-state index contributed by atoms with van der Waals surface area (Å²) in [5.74, 6) is -0.835. The minimum atomic E-state index is -0.418. The maximum absolute atomic E-state index is 10.9. The van der Waals surface area contributed by atoms with Crippen LogP contribution in [0, 0.1) is 0 Å². The molecular weight excluding hydrogens is 184 g/mol. The van der Waals surface area contributed by atoms with Gasteiger partial charge in [0.1, 0.15) is 0 Å². The Labute approximate surface area is 83.2 Å². The topological polar surface area (TPSA) is 52.6 Å². The minimum Gasteiger partial charge on any atom is -0.466 e. The van der Waals surface area contributed by atoms with Gasteiger partial charge in [-0.15, -0.1) is 0 Å². The van der Waals surface area contributed by atoms with E-state index in [2.05, 4.69) is 9.47 Å². The number of rotatable bonds is 3. The molecule has 0 unspecified atom stereocenters. The van der Waals surface area contributed by atoms with Crippen molar-refractivity contribution < 1.29 is 19.1 Å². The first-order chi connectivity index (χ1) is 6.52. The number of hydrogen-bond acceptors (Lipinski definition) is 4. The molecular formula is C10H14O4. The third-order valence-electron chi connectivity index (χ3n) is 1.60. The molecule has 0 saturated carbocycles.